The lowest BCUT2D eigenvalue weighted by Gasteiger charge is -2.31. The molecule has 1 aliphatic rings. The first-order chi connectivity index (χ1) is 17.6. The Hall–Kier alpha value is -4.10. The number of hydrogen-bond donors (Lipinski definition) is 2. The van der Waals surface area contributed by atoms with Crippen LogP contribution in [0.1, 0.15) is 38.5 Å². The van der Waals surface area contributed by atoms with Crippen LogP contribution in [-0.2, 0) is 23.9 Å². The molecular formula is C27H27N3O6S. The average Bonchev–Trinajstić information content (AvgIpc) is 2.88. The molecule has 37 heavy (non-hydrogen) atoms. The third-order valence-electron chi connectivity index (χ3n) is 5.96. The highest BCUT2D eigenvalue weighted by atomic mass is 32.2. The van der Waals surface area contributed by atoms with E-state index in [9.17, 15) is 24.4 Å². The maximum absolute atomic E-state index is 13.0. The number of rotatable bonds is 7. The number of nitrogens with one attached hydrogen (secondary N) is 2. The van der Waals surface area contributed by atoms with Crippen molar-refractivity contribution in [1.29, 1.82) is 5.26 Å². The Morgan fingerprint density at radius 2 is 1.68 bits per heavy atom. The fraction of sp³-hybridized carbons (Fsp3) is 0.296. The minimum atomic E-state index is -1.32. The first-order valence-electron chi connectivity index (χ1n) is 11.3. The maximum Gasteiger partial charge on any atom is 0.337 e. The van der Waals surface area contributed by atoms with Crippen LogP contribution < -0.4 is 10.6 Å². The second-order valence-corrected chi connectivity index (χ2v) is 9.53. The molecule has 9 nitrogen and oxygen atoms in total. The Bertz CT molecular complexity index is 1300. The Balaban J connectivity index is 1.92. The molecule has 0 fully saturated rings. The molecule has 3 rings (SSSR count). The van der Waals surface area contributed by atoms with E-state index in [2.05, 4.69) is 16.7 Å². The molecule has 0 aliphatic carbocycles. The minimum Gasteiger partial charge on any atom is -0.468 e. The molecule has 0 unspecified atom stereocenters. The summed E-state index contributed by atoms with van der Waals surface area (Å²) in [6.07, 6.45) is 0. The first kappa shape index (κ1) is 27.5. The van der Waals surface area contributed by atoms with Crippen molar-refractivity contribution in [3.05, 3.63) is 74.8 Å². The van der Waals surface area contributed by atoms with Gasteiger partial charge in [-0.1, -0.05) is 41.6 Å². The molecule has 10 heteroatoms. The van der Waals surface area contributed by atoms with Gasteiger partial charge in [-0.15, -0.1) is 0 Å². The SMILES string of the molecule is COC(=O)c1ccc([C@H]2C(C#N)=C(SCC(=O)Nc3c(C)cc(C)cc3C)NC(=O)[C@@H]2C(=O)OC)cc1. The summed E-state index contributed by atoms with van der Waals surface area (Å²) in [5.74, 6) is -4.68. The third kappa shape index (κ3) is 6.01. The van der Waals surface area contributed by atoms with Gasteiger partial charge in [-0.2, -0.15) is 5.26 Å². The lowest BCUT2D eigenvalue weighted by Crippen LogP contribution is -2.44. The lowest BCUT2D eigenvalue weighted by molar-refractivity contribution is -0.150. The summed E-state index contributed by atoms with van der Waals surface area (Å²) in [4.78, 5) is 50.1. The van der Waals surface area contributed by atoms with Gasteiger partial charge < -0.3 is 20.1 Å². The topological polar surface area (TPSA) is 135 Å². The van der Waals surface area contributed by atoms with E-state index in [-0.39, 0.29) is 27.8 Å². The van der Waals surface area contributed by atoms with Crippen molar-refractivity contribution >= 4 is 41.2 Å². The van der Waals surface area contributed by atoms with E-state index < -0.39 is 29.7 Å². The van der Waals surface area contributed by atoms with E-state index >= 15 is 0 Å². The number of benzene rings is 2. The molecule has 192 valence electrons. The van der Waals surface area contributed by atoms with Crippen LogP contribution in [0.2, 0.25) is 0 Å². The van der Waals surface area contributed by atoms with E-state index in [1.807, 2.05) is 32.9 Å². The van der Waals surface area contributed by atoms with E-state index in [0.29, 0.717) is 11.3 Å². The fourth-order valence-corrected chi connectivity index (χ4v) is 5.16. The number of hydrogen-bond acceptors (Lipinski definition) is 8. The summed E-state index contributed by atoms with van der Waals surface area (Å²) < 4.78 is 9.55. The number of esters is 2. The summed E-state index contributed by atoms with van der Waals surface area (Å²) in [6.45, 7) is 5.79. The second-order valence-electron chi connectivity index (χ2n) is 8.55. The van der Waals surface area contributed by atoms with Crippen LogP contribution in [0.25, 0.3) is 0 Å². The molecular weight excluding hydrogens is 494 g/mol. The monoisotopic (exact) mass is 521 g/mol. The highest BCUT2D eigenvalue weighted by molar-refractivity contribution is 8.03. The molecule has 1 aliphatic heterocycles. The van der Waals surface area contributed by atoms with E-state index in [1.165, 1.54) is 19.2 Å². The fourth-order valence-electron chi connectivity index (χ4n) is 4.31. The van der Waals surface area contributed by atoms with Crippen molar-refractivity contribution in [3.8, 4) is 6.07 Å². The van der Waals surface area contributed by atoms with Gasteiger partial charge in [-0.25, -0.2) is 4.79 Å². The minimum absolute atomic E-state index is 0.0789. The Morgan fingerprint density at radius 3 is 2.22 bits per heavy atom. The molecule has 0 bridgehead atoms. The Labute approximate surface area is 219 Å². The van der Waals surface area contributed by atoms with Crippen LogP contribution in [0.3, 0.4) is 0 Å². The van der Waals surface area contributed by atoms with Gasteiger partial charge in [0, 0.05) is 11.6 Å². The lowest BCUT2D eigenvalue weighted by atomic mass is 9.78. The number of anilines is 1. The number of carbonyl (C=O) groups is 4. The van der Waals surface area contributed by atoms with Gasteiger partial charge in [0.05, 0.1) is 42.2 Å². The molecule has 0 aromatic heterocycles. The predicted octanol–water partition coefficient (Wildman–Crippen LogP) is 3.51. The molecule has 0 saturated carbocycles. The third-order valence-corrected chi connectivity index (χ3v) is 6.98. The quantitative estimate of drug-likeness (QED) is 0.418. The molecule has 2 N–H and O–H groups in total. The normalized spacial score (nSPS) is 16.9. The molecule has 1 heterocycles. The molecule has 0 radical (unpaired) electrons. The average molecular weight is 522 g/mol. The molecule has 2 aromatic carbocycles. The van der Waals surface area contributed by atoms with Gasteiger partial charge in [0.2, 0.25) is 11.8 Å². The van der Waals surface area contributed by atoms with Crippen LogP contribution >= 0.6 is 11.8 Å². The second kappa shape index (κ2) is 11.8. The van der Waals surface area contributed by atoms with Crippen molar-refractivity contribution < 1.29 is 28.7 Å². The highest BCUT2D eigenvalue weighted by Crippen LogP contribution is 2.40. The van der Waals surface area contributed by atoms with Gasteiger partial charge >= 0.3 is 11.9 Å². The zero-order valence-electron chi connectivity index (χ0n) is 21.1. The molecule has 2 amide bonds. The predicted molar refractivity (Wildman–Crippen MR) is 139 cm³/mol. The van der Waals surface area contributed by atoms with Crippen LogP contribution in [0.15, 0.2) is 47.0 Å². The number of thioether (sulfide) groups is 1. The van der Waals surface area contributed by atoms with Crippen molar-refractivity contribution in [3.63, 3.8) is 0 Å². The standard InChI is InChI=1S/C27H27N3O6S/c1-14-10-15(2)23(16(3)11-14)29-20(31)13-37-25-19(12-28)21(22(24(32)30-25)27(34)36-5)17-6-8-18(9-7-17)26(33)35-4/h6-11,21-22H,13H2,1-5H3,(H,29,31)(H,30,32)/t21-,22+/m0/s1. The number of amides is 2. The van der Waals surface area contributed by atoms with E-state index in [1.54, 1.807) is 12.1 Å². The Morgan fingerprint density at radius 1 is 1.05 bits per heavy atom. The first-order valence-corrected chi connectivity index (χ1v) is 12.3. The van der Waals surface area contributed by atoms with Crippen LogP contribution in [0.5, 0.6) is 0 Å². The van der Waals surface area contributed by atoms with E-state index in [0.717, 1.165) is 35.6 Å². The van der Waals surface area contributed by atoms with Crippen LogP contribution in [-0.4, -0.2) is 43.7 Å². The summed E-state index contributed by atoms with van der Waals surface area (Å²) in [5.41, 5.74) is 4.50. The van der Waals surface area contributed by atoms with Crippen molar-refractivity contribution in [2.45, 2.75) is 26.7 Å². The zero-order chi connectivity index (χ0) is 27.3. The number of ether oxygens (including phenoxy) is 2. The Kier molecular flexibility index (Phi) is 8.73. The number of carbonyl (C=O) groups excluding carboxylic acids is 4. The summed E-state index contributed by atoms with van der Waals surface area (Å²) in [5, 5.41) is 15.7. The molecule has 0 spiro atoms. The highest BCUT2D eigenvalue weighted by Gasteiger charge is 2.44. The maximum atomic E-state index is 13.0. The van der Waals surface area contributed by atoms with Crippen molar-refractivity contribution in [2.24, 2.45) is 5.92 Å². The van der Waals surface area contributed by atoms with Gasteiger partial charge in [0.15, 0.2) is 0 Å². The van der Waals surface area contributed by atoms with Crippen molar-refractivity contribution in [2.75, 3.05) is 25.3 Å². The molecule has 0 saturated heterocycles. The summed E-state index contributed by atoms with van der Waals surface area (Å²) >= 11 is 0.994. The summed E-state index contributed by atoms with van der Waals surface area (Å²) in [7, 11) is 2.42. The van der Waals surface area contributed by atoms with Gasteiger partial charge in [0.1, 0.15) is 5.92 Å². The smallest absolute Gasteiger partial charge is 0.337 e. The number of nitrogens with zero attached hydrogens (tertiary/aromatic N) is 1. The summed E-state index contributed by atoms with van der Waals surface area (Å²) in [6, 6.07) is 12.1. The van der Waals surface area contributed by atoms with Crippen LogP contribution in [0.4, 0.5) is 5.69 Å². The number of aryl methyl sites for hydroxylation is 3. The van der Waals surface area contributed by atoms with E-state index in [4.69, 9.17) is 9.47 Å². The van der Waals surface area contributed by atoms with Crippen LogP contribution in [0, 0.1) is 38.0 Å². The van der Waals surface area contributed by atoms with Gasteiger partial charge in [0.25, 0.3) is 0 Å². The largest absolute Gasteiger partial charge is 0.468 e. The van der Waals surface area contributed by atoms with Gasteiger partial charge in [-0.3, -0.25) is 14.4 Å². The van der Waals surface area contributed by atoms with Gasteiger partial charge in [-0.05, 0) is 49.6 Å². The van der Waals surface area contributed by atoms with Crippen molar-refractivity contribution in [1.82, 2.24) is 5.32 Å². The number of nitriles is 1. The zero-order valence-corrected chi connectivity index (χ0v) is 21.9. The number of methoxy groups -OCH3 is 2. The molecule has 2 aromatic rings. The number of allylic oxidation sites excluding steroid dienone is 1. The molecule has 2 atom stereocenters.